The fourth-order valence-corrected chi connectivity index (χ4v) is 4.47. The summed E-state index contributed by atoms with van der Waals surface area (Å²) in [6.07, 6.45) is 0. The van der Waals surface area contributed by atoms with Crippen LogP contribution in [0.4, 0.5) is 5.69 Å². The van der Waals surface area contributed by atoms with Crippen LogP contribution in [-0.2, 0) is 5.41 Å². The van der Waals surface area contributed by atoms with Gasteiger partial charge in [-0.05, 0) is 35.4 Å². The van der Waals surface area contributed by atoms with Crippen LogP contribution in [0.3, 0.4) is 0 Å². The number of rotatable bonds is 4. The molecule has 1 aliphatic carbocycles. The van der Waals surface area contributed by atoms with Crippen LogP contribution in [0.25, 0.3) is 0 Å². The topological polar surface area (TPSA) is 110 Å². The molecule has 0 fully saturated rings. The van der Waals surface area contributed by atoms with Gasteiger partial charge in [-0.25, -0.2) is 0 Å². The second-order valence-electron chi connectivity index (χ2n) is 9.06. The molecule has 4 aromatic rings. The van der Waals surface area contributed by atoms with Crippen molar-refractivity contribution in [2.45, 2.75) is 19.3 Å². The number of phenolic OH excluding ortho intramolecular Hbond substituents is 2. The standard InChI is InChI=1S/C29H23NO5/c1-29(2,16-7-11-18(31)12-8-16)17-9-13-19(14-10-17)35-23-15-22(32)24-25(26(23)30)28(34)21-6-4-3-5-20(21)27(24)33/h3-15,31-32H,30H2,1-2H3. The molecule has 0 spiro atoms. The molecular weight excluding hydrogens is 442 g/mol. The minimum absolute atomic E-state index is 0.000785. The van der Waals surface area contributed by atoms with Gasteiger partial charge in [-0.15, -0.1) is 0 Å². The molecule has 0 aromatic heterocycles. The van der Waals surface area contributed by atoms with E-state index in [1.165, 1.54) is 6.07 Å². The Kier molecular flexibility index (Phi) is 5.09. The van der Waals surface area contributed by atoms with Crippen LogP contribution in [0.2, 0.25) is 0 Å². The molecule has 6 heteroatoms. The van der Waals surface area contributed by atoms with Crippen LogP contribution in [0, 0.1) is 0 Å². The smallest absolute Gasteiger partial charge is 0.198 e. The highest BCUT2D eigenvalue weighted by molar-refractivity contribution is 6.31. The van der Waals surface area contributed by atoms with Gasteiger partial charge < -0.3 is 20.7 Å². The molecule has 4 N–H and O–H groups in total. The summed E-state index contributed by atoms with van der Waals surface area (Å²) in [6, 6.07) is 22.2. The van der Waals surface area contributed by atoms with Crippen molar-refractivity contribution in [2.24, 2.45) is 0 Å². The van der Waals surface area contributed by atoms with Gasteiger partial charge >= 0.3 is 0 Å². The maximum Gasteiger partial charge on any atom is 0.198 e. The van der Waals surface area contributed by atoms with Gasteiger partial charge in [-0.2, -0.15) is 0 Å². The van der Waals surface area contributed by atoms with E-state index in [-0.39, 0.29) is 50.6 Å². The number of benzene rings is 4. The van der Waals surface area contributed by atoms with Crippen LogP contribution >= 0.6 is 0 Å². The van der Waals surface area contributed by atoms with Crippen LogP contribution in [0.5, 0.6) is 23.0 Å². The molecule has 0 unspecified atom stereocenters. The van der Waals surface area contributed by atoms with E-state index in [2.05, 4.69) is 13.8 Å². The molecule has 35 heavy (non-hydrogen) atoms. The first-order chi connectivity index (χ1) is 16.7. The number of hydrogen-bond acceptors (Lipinski definition) is 6. The summed E-state index contributed by atoms with van der Waals surface area (Å²) in [5.74, 6) is -0.486. The lowest BCUT2D eigenvalue weighted by Gasteiger charge is -2.26. The Balaban J connectivity index is 1.48. The molecule has 0 aliphatic heterocycles. The Morgan fingerprint density at radius 1 is 0.743 bits per heavy atom. The van der Waals surface area contributed by atoms with Gasteiger partial charge in [0.15, 0.2) is 17.3 Å². The highest BCUT2D eigenvalue weighted by atomic mass is 16.5. The summed E-state index contributed by atoms with van der Waals surface area (Å²) < 4.78 is 5.94. The van der Waals surface area contributed by atoms with Crippen LogP contribution < -0.4 is 10.5 Å². The number of anilines is 1. The van der Waals surface area contributed by atoms with Crippen molar-refractivity contribution < 1.29 is 24.5 Å². The monoisotopic (exact) mass is 465 g/mol. The van der Waals surface area contributed by atoms with Crippen molar-refractivity contribution in [2.75, 3.05) is 5.73 Å². The number of carbonyl (C=O) groups is 2. The fourth-order valence-electron chi connectivity index (χ4n) is 4.47. The largest absolute Gasteiger partial charge is 0.508 e. The molecule has 5 rings (SSSR count). The highest BCUT2D eigenvalue weighted by Crippen LogP contribution is 2.43. The van der Waals surface area contributed by atoms with Crippen molar-refractivity contribution in [3.8, 4) is 23.0 Å². The molecule has 1 aliphatic rings. The zero-order valence-corrected chi connectivity index (χ0v) is 19.2. The number of nitrogens with two attached hydrogens (primary N) is 1. The van der Waals surface area contributed by atoms with Gasteiger partial charge in [-0.1, -0.05) is 62.4 Å². The number of phenols is 2. The second-order valence-corrected chi connectivity index (χ2v) is 9.06. The second kappa shape index (κ2) is 8.02. The molecule has 0 atom stereocenters. The third-order valence-electron chi connectivity index (χ3n) is 6.57. The summed E-state index contributed by atoms with van der Waals surface area (Å²) in [4.78, 5) is 26.1. The van der Waals surface area contributed by atoms with E-state index in [0.29, 0.717) is 5.75 Å². The lowest BCUT2D eigenvalue weighted by atomic mass is 9.78. The number of aromatic hydroxyl groups is 2. The van der Waals surface area contributed by atoms with Crippen LogP contribution in [0.15, 0.2) is 78.9 Å². The minimum atomic E-state index is -0.452. The molecule has 0 bridgehead atoms. The van der Waals surface area contributed by atoms with Crippen LogP contribution in [0.1, 0.15) is 56.8 Å². The molecule has 0 heterocycles. The van der Waals surface area contributed by atoms with E-state index in [9.17, 15) is 19.8 Å². The lowest BCUT2D eigenvalue weighted by Crippen LogP contribution is -2.22. The minimum Gasteiger partial charge on any atom is -0.508 e. The van der Waals surface area contributed by atoms with Gasteiger partial charge in [0.1, 0.15) is 17.2 Å². The van der Waals surface area contributed by atoms with Crippen molar-refractivity contribution in [1.82, 2.24) is 0 Å². The predicted molar refractivity (Wildman–Crippen MR) is 133 cm³/mol. The van der Waals surface area contributed by atoms with Gasteiger partial charge in [0.2, 0.25) is 0 Å². The van der Waals surface area contributed by atoms with Gasteiger partial charge in [0.25, 0.3) is 0 Å². The molecule has 0 saturated heterocycles. The Morgan fingerprint density at radius 3 is 1.83 bits per heavy atom. The van der Waals surface area contributed by atoms with Gasteiger partial charge in [0.05, 0.1) is 16.8 Å². The summed E-state index contributed by atoms with van der Waals surface area (Å²) in [5, 5.41) is 20.2. The Morgan fingerprint density at radius 2 is 1.26 bits per heavy atom. The van der Waals surface area contributed by atoms with Gasteiger partial charge in [0, 0.05) is 22.6 Å². The molecule has 6 nitrogen and oxygen atoms in total. The van der Waals surface area contributed by atoms with Crippen molar-refractivity contribution in [3.05, 3.63) is 112 Å². The number of hydrogen-bond donors (Lipinski definition) is 3. The molecule has 174 valence electrons. The van der Waals surface area contributed by atoms with E-state index in [0.717, 1.165) is 11.1 Å². The Hall–Kier alpha value is -4.58. The van der Waals surface area contributed by atoms with E-state index < -0.39 is 11.6 Å². The van der Waals surface area contributed by atoms with Crippen molar-refractivity contribution in [1.29, 1.82) is 0 Å². The first kappa shape index (κ1) is 22.2. The molecule has 0 radical (unpaired) electrons. The van der Waals surface area contributed by atoms with E-state index in [4.69, 9.17) is 10.5 Å². The van der Waals surface area contributed by atoms with Crippen molar-refractivity contribution in [3.63, 3.8) is 0 Å². The molecular formula is C29H23NO5. The van der Waals surface area contributed by atoms with E-state index in [1.54, 1.807) is 48.5 Å². The van der Waals surface area contributed by atoms with Crippen molar-refractivity contribution >= 4 is 17.3 Å². The summed E-state index contributed by atoms with van der Waals surface area (Å²) in [5.41, 5.74) is 8.35. The van der Waals surface area contributed by atoms with Gasteiger partial charge in [-0.3, -0.25) is 9.59 Å². The molecule has 0 amide bonds. The molecule has 4 aromatic carbocycles. The SMILES string of the molecule is CC(C)(c1ccc(O)cc1)c1ccc(Oc2cc(O)c3c(c2N)C(=O)c2ccccc2C3=O)cc1. The summed E-state index contributed by atoms with van der Waals surface area (Å²) in [7, 11) is 0. The van der Waals surface area contributed by atoms with E-state index >= 15 is 0 Å². The average molecular weight is 466 g/mol. The summed E-state index contributed by atoms with van der Waals surface area (Å²) >= 11 is 0. The van der Waals surface area contributed by atoms with E-state index in [1.807, 2.05) is 24.3 Å². The first-order valence-electron chi connectivity index (χ1n) is 11.1. The average Bonchev–Trinajstić information content (AvgIpc) is 2.85. The first-order valence-corrected chi connectivity index (χ1v) is 11.1. The zero-order valence-electron chi connectivity index (χ0n) is 19.2. The highest BCUT2D eigenvalue weighted by Gasteiger charge is 2.35. The number of fused-ring (bicyclic) bond motifs is 2. The Labute approximate surface area is 202 Å². The zero-order chi connectivity index (χ0) is 24.9. The normalized spacial score (nSPS) is 12.7. The Bertz CT molecular complexity index is 1490. The lowest BCUT2D eigenvalue weighted by molar-refractivity contribution is 0.0977. The maximum atomic E-state index is 13.1. The third kappa shape index (κ3) is 3.60. The predicted octanol–water partition coefficient (Wildman–Crippen LogP) is 5.57. The number of ketones is 2. The third-order valence-corrected chi connectivity index (χ3v) is 6.57. The fraction of sp³-hybridized carbons (Fsp3) is 0.103. The number of ether oxygens (including phenoxy) is 1. The van der Waals surface area contributed by atoms with Crippen LogP contribution in [-0.4, -0.2) is 21.8 Å². The maximum absolute atomic E-state index is 13.1. The quantitative estimate of drug-likeness (QED) is 0.236. The number of carbonyl (C=O) groups excluding carboxylic acids is 2. The summed E-state index contributed by atoms with van der Waals surface area (Å²) in [6.45, 7) is 4.16. The number of nitrogen functional groups attached to an aromatic ring is 1. The molecule has 0 saturated carbocycles.